The number of non-ortho nitro benzene ring substituents is 1. The first kappa shape index (κ1) is 24.4. The molecule has 3 amide bonds. The van der Waals surface area contributed by atoms with E-state index in [-0.39, 0.29) is 10.6 Å². The van der Waals surface area contributed by atoms with Crippen LogP contribution in [0.3, 0.4) is 0 Å². The SMILES string of the molecule is Cc1cccc(NC(=O)CN2C(=O)S/C(=C\c3cc([N+](=O)[O-])ccc3N3CCOCC3)C2=O)c1C. The average Bonchev–Trinajstić information content (AvgIpc) is 3.09. The number of morpholine rings is 1. The van der Waals surface area contributed by atoms with Crippen LogP contribution in [-0.2, 0) is 14.3 Å². The molecule has 0 saturated carbocycles. The Morgan fingerprint density at radius 2 is 1.94 bits per heavy atom. The van der Waals surface area contributed by atoms with Gasteiger partial charge in [0.1, 0.15) is 6.54 Å². The Hall–Kier alpha value is -3.70. The summed E-state index contributed by atoms with van der Waals surface area (Å²) in [6, 6.07) is 9.91. The number of rotatable bonds is 6. The number of ether oxygens (including phenoxy) is 1. The minimum atomic E-state index is -0.615. The normalized spacial score (nSPS) is 17.3. The molecule has 0 aromatic heterocycles. The molecule has 2 aliphatic heterocycles. The number of nitrogens with zero attached hydrogens (tertiary/aromatic N) is 3. The first-order chi connectivity index (χ1) is 16.7. The van der Waals surface area contributed by atoms with Gasteiger partial charge >= 0.3 is 0 Å². The first-order valence-corrected chi connectivity index (χ1v) is 11.8. The third-order valence-electron chi connectivity index (χ3n) is 5.91. The van der Waals surface area contributed by atoms with Crippen LogP contribution in [0.1, 0.15) is 16.7 Å². The summed E-state index contributed by atoms with van der Waals surface area (Å²) >= 11 is 0.706. The molecule has 0 radical (unpaired) electrons. The molecule has 2 aromatic carbocycles. The van der Waals surface area contributed by atoms with Crippen molar-refractivity contribution in [1.29, 1.82) is 0 Å². The topological polar surface area (TPSA) is 122 Å². The Kier molecular flexibility index (Phi) is 7.17. The number of imide groups is 1. The number of carbonyl (C=O) groups is 3. The van der Waals surface area contributed by atoms with Gasteiger partial charge in [-0.15, -0.1) is 0 Å². The number of hydrogen-bond donors (Lipinski definition) is 1. The Bertz CT molecular complexity index is 1240. The van der Waals surface area contributed by atoms with Gasteiger partial charge in [-0.25, -0.2) is 0 Å². The first-order valence-electron chi connectivity index (χ1n) is 11.0. The monoisotopic (exact) mass is 496 g/mol. The summed E-state index contributed by atoms with van der Waals surface area (Å²) in [4.78, 5) is 52.0. The predicted molar refractivity (Wildman–Crippen MR) is 133 cm³/mol. The fourth-order valence-corrected chi connectivity index (χ4v) is 4.69. The molecule has 2 fully saturated rings. The van der Waals surface area contributed by atoms with E-state index in [0.29, 0.717) is 55.0 Å². The van der Waals surface area contributed by atoms with E-state index in [4.69, 9.17) is 4.74 Å². The summed E-state index contributed by atoms with van der Waals surface area (Å²) in [5.74, 6) is -1.11. The summed E-state index contributed by atoms with van der Waals surface area (Å²) in [7, 11) is 0. The van der Waals surface area contributed by atoms with Crippen LogP contribution >= 0.6 is 11.8 Å². The smallest absolute Gasteiger partial charge is 0.294 e. The van der Waals surface area contributed by atoms with E-state index in [9.17, 15) is 24.5 Å². The highest BCUT2D eigenvalue weighted by atomic mass is 32.2. The van der Waals surface area contributed by atoms with Crippen molar-refractivity contribution >= 4 is 52.0 Å². The maximum atomic E-state index is 13.0. The number of aryl methyl sites for hydroxylation is 1. The summed E-state index contributed by atoms with van der Waals surface area (Å²) in [5.41, 5.74) is 3.55. The Labute approximate surface area is 206 Å². The van der Waals surface area contributed by atoms with Crippen molar-refractivity contribution in [2.24, 2.45) is 0 Å². The van der Waals surface area contributed by atoms with E-state index < -0.39 is 28.5 Å². The van der Waals surface area contributed by atoms with Gasteiger partial charge in [-0.3, -0.25) is 29.4 Å². The fourth-order valence-electron chi connectivity index (χ4n) is 3.86. The minimum Gasteiger partial charge on any atom is -0.378 e. The van der Waals surface area contributed by atoms with Crippen LogP contribution < -0.4 is 10.2 Å². The number of carbonyl (C=O) groups excluding carboxylic acids is 3. The van der Waals surface area contributed by atoms with Gasteiger partial charge in [0, 0.05) is 42.2 Å². The third kappa shape index (κ3) is 5.36. The lowest BCUT2D eigenvalue weighted by atomic mass is 10.1. The minimum absolute atomic E-state index is 0.101. The molecular formula is C24H24N4O6S. The molecule has 10 nitrogen and oxygen atoms in total. The van der Waals surface area contributed by atoms with E-state index in [1.807, 2.05) is 30.9 Å². The van der Waals surface area contributed by atoms with Crippen molar-refractivity contribution in [3.05, 3.63) is 68.1 Å². The van der Waals surface area contributed by atoms with Crippen LogP contribution in [0.5, 0.6) is 0 Å². The van der Waals surface area contributed by atoms with Gasteiger partial charge in [0.05, 0.1) is 23.0 Å². The second-order valence-electron chi connectivity index (χ2n) is 8.16. The average molecular weight is 497 g/mol. The molecule has 35 heavy (non-hydrogen) atoms. The maximum absolute atomic E-state index is 13.0. The van der Waals surface area contributed by atoms with Crippen molar-refractivity contribution in [3.8, 4) is 0 Å². The highest BCUT2D eigenvalue weighted by Gasteiger charge is 2.36. The van der Waals surface area contributed by atoms with Crippen LogP contribution in [0.15, 0.2) is 41.3 Å². The van der Waals surface area contributed by atoms with Crippen LogP contribution in [0, 0.1) is 24.0 Å². The fraction of sp³-hybridized carbons (Fsp3) is 0.292. The standard InChI is InChI=1S/C24H24N4O6S/c1-15-4-3-5-19(16(15)2)25-22(29)14-27-23(30)21(35-24(27)31)13-17-12-18(28(32)33)6-7-20(17)26-8-10-34-11-9-26/h3-7,12-13H,8-11,14H2,1-2H3,(H,25,29)/b21-13-. The van der Waals surface area contributed by atoms with Gasteiger partial charge < -0.3 is 15.0 Å². The van der Waals surface area contributed by atoms with E-state index in [1.54, 1.807) is 12.1 Å². The van der Waals surface area contributed by atoms with E-state index in [0.717, 1.165) is 16.0 Å². The highest BCUT2D eigenvalue weighted by molar-refractivity contribution is 8.18. The van der Waals surface area contributed by atoms with E-state index in [2.05, 4.69) is 5.32 Å². The molecule has 4 rings (SSSR count). The lowest BCUT2D eigenvalue weighted by Gasteiger charge is -2.30. The summed E-state index contributed by atoms with van der Waals surface area (Å²) < 4.78 is 5.38. The molecule has 2 heterocycles. The molecule has 0 aliphatic carbocycles. The molecule has 2 saturated heterocycles. The molecular weight excluding hydrogens is 472 g/mol. The third-order valence-corrected chi connectivity index (χ3v) is 6.82. The number of benzene rings is 2. The number of amides is 3. The lowest BCUT2D eigenvalue weighted by molar-refractivity contribution is -0.384. The molecule has 1 N–H and O–H groups in total. The molecule has 0 unspecified atom stereocenters. The zero-order valence-electron chi connectivity index (χ0n) is 19.3. The zero-order valence-corrected chi connectivity index (χ0v) is 20.1. The van der Waals surface area contributed by atoms with E-state index >= 15 is 0 Å². The number of nitro benzene ring substituents is 1. The number of nitro groups is 1. The molecule has 2 aliphatic rings. The summed E-state index contributed by atoms with van der Waals surface area (Å²) in [6.45, 7) is 5.59. The quantitative estimate of drug-likeness (QED) is 0.365. The number of nitrogens with one attached hydrogen (secondary N) is 1. The molecule has 11 heteroatoms. The Morgan fingerprint density at radius 3 is 2.66 bits per heavy atom. The van der Waals surface area contributed by atoms with Gasteiger partial charge in [0.15, 0.2) is 0 Å². The van der Waals surface area contributed by atoms with E-state index in [1.165, 1.54) is 18.2 Å². The number of anilines is 2. The zero-order chi connectivity index (χ0) is 25.1. The molecule has 2 aromatic rings. The van der Waals surface area contributed by atoms with Gasteiger partial charge in [0.2, 0.25) is 5.91 Å². The van der Waals surface area contributed by atoms with Crippen molar-refractivity contribution in [2.75, 3.05) is 43.1 Å². The summed E-state index contributed by atoms with van der Waals surface area (Å²) in [5, 5.41) is 13.5. The lowest BCUT2D eigenvalue weighted by Crippen LogP contribution is -2.36. The van der Waals surface area contributed by atoms with Crippen LogP contribution in [0.4, 0.5) is 21.9 Å². The summed E-state index contributed by atoms with van der Waals surface area (Å²) in [6.07, 6.45) is 1.48. The number of thioether (sulfide) groups is 1. The second kappa shape index (κ2) is 10.3. The molecule has 0 atom stereocenters. The molecule has 182 valence electrons. The predicted octanol–water partition coefficient (Wildman–Crippen LogP) is 3.72. The molecule has 0 spiro atoms. The van der Waals surface area contributed by atoms with Gasteiger partial charge in [0.25, 0.3) is 16.8 Å². The highest BCUT2D eigenvalue weighted by Crippen LogP contribution is 2.35. The Balaban J connectivity index is 1.56. The van der Waals surface area contributed by atoms with Crippen LogP contribution in [0.2, 0.25) is 0 Å². The largest absolute Gasteiger partial charge is 0.378 e. The van der Waals surface area contributed by atoms with Crippen molar-refractivity contribution < 1.29 is 24.0 Å². The van der Waals surface area contributed by atoms with Gasteiger partial charge in [-0.05, 0) is 54.9 Å². The van der Waals surface area contributed by atoms with Crippen molar-refractivity contribution in [2.45, 2.75) is 13.8 Å². The van der Waals surface area contributed by atoms with Crippen LogP contribution in [-0.4, -0.2) is 59.7 Å². The Morgan fingerprint density at radius 1 is 1.20 bits per heavy atom. The maximum Gasteiger partial charge on any atom is 0.294 e. The van der Waals surface area contributed by atoms with Crippen molar-refractivity contribution in [3.63, 3.8) is 0 Å². The second-order valence-corrected chi connectivity index (χ2v) is 9.16. The van der Waals surface area contributed by atoms with Crippen LogP contribution in [0.25, 0.3) is 6.08 Å². The number of hydrogen-bond acceptors (Lipinski definition) is 8. The molecule has 0 bridgehead atoms. The van der Waals surface area contributed by atoms with Crippen molar-refractivity contribution in [1.82, 2.24) is 4.90 Å². The van der Waals surface area contributed by atoms with Gasteiger partial charge in [-0.2, -0.15) is 0 Å². The van der Waals surface area contributed by atoms with Gasteiger partial charge in [-0.1, -0.05) is 12.1 Å².